The molecule has 3 aromatic carbocycles. The molecule has 0 bridgehead atoms. The molecule has 2 amide bonds. The number of anilines is 1. The van der Waals surface area contributed by atoms with E-state index in [-0.39, 0.29) is 29.3 Å². The van der Waals surface area contributed by atoms with Gasteiger partial charge in [0, 0.05) is 11.6 Å². The predicted octanol–water partition coefficient (Wildman–Crippen LogP) is 3.78. The third-order valence-corrected chi connectivity index (χ3v) is 8.42. The minimum absolute atomic E-state index is 0.186. The minimum Gasteiger partial charge on any atom is -0.497 e. The number of amides is 2. The Bertz CT molecular complexity index is 1730. The van der Waals surface area contributed by atoms with E-state index in [0.717, 1.165) is 5.56 Å². The summed E-state index contributed by atoms with van der Waals surface area (Å²) < 4.78 is 6.91. The van der Waals surface area contributed by atoms with Crippen LogP contribution in [0, 0.1) is 17.8 Å². The van der Waals surface area contributed by atoms with Crippen molar-refractivity contribution in [2.75, 3.05) is 12.0 Å². The number of hydrogen-bond donors (Lipinski definition) is 1. The maximum Gasteiger partial charge on any atom is 0.266 e. The van der Waals surface area contributed by atoms with Gasteiger partial charge in [0.1, 0.15) is 17.1 Å². The van der Waals surface area contributed by atoms with E-state index in [4.69, 9.17) is 9.72 Å². The van der Waals surface area contributed by atoms with Crippen molar-refractivity contribution in [2.45, 2.75) is 31.8 Å². The summed E-state index contributed by atoms with van der Waals surface area (Å²) in [6.45, 7) is 4.22. The summed E-state index contributed by atoms with van der Waals surface area (Å²) >= 11 is 0. The van der Waals surface area contributed by atoms with Crippen LogP contribution in [0.1, 0.15) is 31.7 Å². The second kappa shape index (κ2) is 8.35. The Balaban J connectivity index is 1.49. The van der Waals surface area contributed by atoms with Crippen molar-refractivity contribution < 1.29 is 14.3 Å². The molecule has 196 valence electrons. The van der Waals surface area contributed by atoms with Gasteiger partial charge in [0.05, 0.1) is 41.2 Å². The molecule has 8 nitrogen and oxygen atoms in total. The van der Waals surface area contributed by atoms with Crippen molar-refractivity contribution in [3.05, 3.63) is 94.5 Å². The monoisotopic (exact) mass is 520 g/mol. The number of nitrogens with one attached hydrogen (secondary N) is 1. The molecule has 2 saturated heterocycles. The number of para-hydroxylation sites is 2. The summed E-state index contributed by atoms with van der Waals surface area (Å²) in [4.78, 5) is 48.8. The lowest BCUT2D eigenvalue weighted by atomic mass is 9.75. The topological polar surface area (TPSA) is 93.5 Å². The van der Waals surface area contributed by atoms with E-state index in [1.165, 1.54) is 4.90 Å². The van der Waals surface area contributed by atoms with E-state index in [9.17, 15) is 14.4 Å². The first kappa shape index (κ1) is 23.8. The van der Waals surface area contributed by atoms with Crippen molar-refractivity contribution in [2.24, 2.45) is 17.8 Å². The van der Waals surface area contributed by atoms with E-state index in [1.807, 2.05) is 42.5 Å². The minimum atomic E-state index is -1.13. The lowest BCUT2D eigenvalue weighted by Gasteiger charge is -2.32. The molecule has 1 aromatic heterocycles. The van der Waals surface area contributed by atoms with Crippen molar-refractivity contribution in [3.63, 3.8) is 0 Å². The summed E-state index contributed by atoms with van der Waals surface area (Å²) in [6, 6.07) is 21.6. The van der Waals surface area contributed by atoms with Crippen LogP contribution in [0.5, 0.6) is 5.75 Å². The van der Waals surface area contributed by atoms with Gasteiger partial charge in [-0.2, -0.15) is 0 Å². The van der Waals surface area contributed by atoms with Crippen LogP contribution in [-0.4, -0.2) is 34.5 Å². The number of methoxy groups -OCH3 is 1. The summed E-state index contributed by atoms with van der Waals surface area (Å²) in [6.07, 6.45) is 0.693. The number of ether oxygens (including phenoxy) is 1. The fourth-order valence-electron chi connectivity index (χ4n) is 6.92. The van der Waals surface area contributed by atoms with Crippen molar-refractivity contribution >= 4 is 28.4 Å². The van der Waals surface area contributed by atoms with Crippen LogP contribution < -0.4 is 20.5 Å². The molecule has 4 atom stereocenters. The third kappa shape index (κ3) is 3.09. The first-order chi connectivity index (χ1) is 18.9. The molecule has 0 aliphatic carbocycles. The Labute approximate surface area is 225 Å². The van der Waals surface area contributed by atoms with Crippen LogP contribution in [0.15, 0.2) is 77.6 Å². The van der Waals surface area contributed by atoms with Gasteiger partial charge in [0.2, 0.25) is 11.8 Å². The average molecular weight is 521 g/mol. The van der Waals surface area contributed by atoms with Crippen molar-refractivity contribution in [1.29, 1.82) is 0 Å². The predicted molar refractivity (Wildman–Crippen MR) is 147 cm³/mol. The molecule has 7 rings (SSSR count). The van der Waals surface area contributed by atoms with Gasteiger partial charge >= 0.3 is 0 Å². The number of carbonyl (C=O) groups excluding carboxylic acids is 2. The number of benzene rings is 3. The van der Waals surface area contributed by atoms with Gasteiger partial charge in [0.25, 0.3) is 5.56 Å². The van der Waals surface area contributed by atoms with Crippen LogP contribution in [0.25, 0.3) is 16.6 Å². The van der Waals surface area contributed by atoms with E-state index < -0.39 is 17.4 Å². The summed E-state index contributed by atoms with van der Waals surface area (Å²) in [5.74, 6) is -0.512. The average Bonchev–Trinajstić information content (AvgIpc) is 3.51. The second-order valence-corrected chi connectivity index (χ2v) is 11.0. The standard InChI is InChI=1S/C31H28N4O4/c1-17(2)16-23-25-26(29(38)34(28(25)37)18-12-14-19(39-3)15-13-18)31(33-23)21-9-5-7-11-24(21)35-27(36)20-8-4-6-10-22(20)32-30(31)35/h4-15,17,23,25-26,33H,16H2,1-3H3. The molecule has 1 N–H and O–H groups in total. The Morgan fingerprint density at radius 3 is 2.41 bits per heavy atom. The molecule has 4 aromatic rings. The van der Waals surface area contributed by atoms with Crippen molar-refractivity contribution in [1.82, 2.24) is 14.9 Å². The fraction of sp³-hybridized carbons (Fsp3) is 0.290. The van der Waals surface area contributed by atoms with Gasteiger partial charge in [0.15, 0.2) is 0 Å². The molecular formula is C31H28N4O4. The van der Waals surface area contributed by atoms with Gasteiger partial charge in [-0.1, -0.05) is 44.2 Å². The Kier molecular flexibility index (Phi) is 5.09. The molecule has 2 fully saturated rings. The first-order valence-corrected chi connectivity index (χ1v) is 13.3. The highest BCUT2D eigenvalue weighted by Crippen LogP contribution is 2.56. The van der Waals surface area contributed by atoms with Crippen LogP contribution in [-0.2, 0) is 15.1 Å². The van der Waals surface area contributed by atoms with E-state index in [1.54, 1.807) is 42.0 Å². The zero-order chi connectivity index (χ0) is 27.1. The van der Waals surface area contributed by atoms with Gasteiger partial charge in [-0.3, -0.25) is 24.3 Å². The zero-order valence-corrected chi connectivity index (χ0v) is 21.9. The maximum atomic E-state index is 14.4. The van der Waals surface area contributed by atoms with E-state index >= 15 is 0 Å². The number of rotatable bonds is 4. The van der Waals surface area contributed by atoms with E-state index in [0.29, 0.717) is 40.3 Å². The highest BCUT2D eigenvalue weighted by atomic mass is 16.5. The summed E-state index contributed by atoms with van der Waals surface area (Å²) in [5, 5.41) is 4.25. The summed E-state index contributed by atoms with van der Waals surface area (Å²) in [7, 11) is 1.57. The van der Waals surface area contributed by atoms with Gasteiger partial charge in [-0.05, 0) is 54.8 Å². The Morgan fingerprint density at radius 2 is 1.67 bits per heavy atom. The summed E-state index contributed by atoms with van der Waals surface area (Å²) in [5.41, 5.74) is 1.25. The smallest absolute Gasteiger partial charge is 0.266 e. The van der Waals surface area contributed by atoms with Crippen LogP contribution in [0.4, 0.5) is 5.69 Å². The zero-order valence-electron chi connectivity index (χ0n) is 21.9. The molecule has 3 aliphatic rings. The van der Waals surface area contributed by atoms with Crippen LogP contribution in [0.2, 0.25) is 0 Å². The number of nitrogens with zero attached hydrogens (tertiary/aromatic N) is 3. The molecular weight excluding hydrogens is 492 g/mol. The molecule has 0 saturated carbocycles. The highest BCUT2D eigenvalue weighted by Gasteiger charge is 2.69. The molecule has 39 heavy (non-hydrogen) atoms. The number of aromatic nitrogens is 2. The molecule has 4 heterocycles. The third-order valence-electron chi connectivity index (χ3n) is 8.42. The normalized spacial score (nSPS) is 25.0. The van der Waals surface area contributed by atoms with E-state index in [2.05, 4.69) is 19.2 Å². The van der Waals surface area contributed by atoms with Gasteiger partial charge < -0.3 is 4.74 Å². The molecule has 3 aliphatic heterocycles. The lowest BCUT2D eigenvalue weighted by molar-refractivity contribution is -0.123. The molecule has 4 unspecified atom stereocenters. The number of fused-ring (bicyclic) bond motifs is 8. The number of imide groups is 1. The Hall–Kier alpha value is -4.30. The van der Waals surface area contributed by atoms with Crippen molar-refractivity contribution in [3.8, 4) is 11.4 Å². The number of hydrogen-bond acceptors (Lipinski definition) is 6. The quantitative estimate of drug-likeness (QED) is 0.412. The van der Waals surface area contributed by atoms with Gasteiger partial charge in [-0.25, -0.2) is 9.88 Å². The first-order valence-electron chi connectivity index (χ1n) is 13.3. The molecule has 8 heteroatoms. The molecule has 1 spiro atoms. The second-order valence-electron chi connectivity index (χ2n) is 11.0. The van der Waals surface area contributed by atoms with Crippen LogP contribution >= 0.6 is 0 Å². The maximum absolute atomic E-state index is 14.4. The van der Waals surface area contributed by atoms with Gasteiger partial charge in [-0.15, -0.1) is 0 Å². The lowest BCUT2D eigenvalue weighted by Crippen LogP contribution is -2.50. The SMILES string of the molecule is COc1ccc(N2C(=O)C3C(CC(C)C)NC4(c5ccccc5-n5c4nc4ccccc4c5=O)C3C2=O)cc1. The highest BCUT2D eigenvalue weighted by molar-refractivity contribution is 6.23. The fourth-order valence-corrected chi connectivity index (χ4v) is 6.92. The molecule has 0 radical (unpaired) electrons. The van der Waals surface area contributed by atoms with Crippen LogP contribution in [0.3, 0.4) is 0 Å². The number of carbonyl (C=O) groups is 2. The Morgan fingerprint density at radius 1 is 0.949 bits per heavy atom. The largest absolute Gasteiger partial charge is 0.497 e.